The number of hydrogen-bond acceptors (Lipinski definition) is 1. The normalized spacial score (nSPS) is 11.9. The molecule has 0 atom stereocenters. The summed E-state index contributed by atoms with van der Waals surface area (Å²) in [5.41, 5.74) is 0. The van der Waals surface area contributed by atoms with Crippen molar-refractivity contribution in [2.45, 2.75) is 72.6 Å². The summed E-state index contributed by atoms with van der Waals surface area (Å²) in [7, 11) is 0. The number of rotatable bonds is 10. The van der Waals surface area contributed by atoms with Crippen LogP contribution in [0.15, 0.2) is 12.5 Å². The zero-order valence-electron chi connectivity index (χ0n) is 12.5. The van der Waals surface area contributed by atoms with Gasteiger partial charge in [0.1, 0.15) is 0 Å². The summed E-state index contributed by atoms with van der Waals surface area (Å²) in [6.07, 6.45) is 12.3. The Morgan fingerprint density at radius 3 is 1.78 bits per heavy atom. The van der Waals surface area contributed by atoms with Gasteiger partial charge in [0, 0.05) is 0 Å². The number of hydrogen-bond donors (Lipinski definition) is 1. The summed E-state index contributed by atoms with van der Waals surface area (Å²) in [5, 5.41) is 0. The first-order valence-electron chi connectivity index (χ1n) is 7.78. The molecule has 0 saturated carbocycles. The Morgan fingerprint density at radius 1 is 0.944 bits per heavy atom. The van der Waals surface area contributed by atoms with Gasteiger partial charge in [0.25, 0.3) is 0 Å². The standard InChI is InChI=1S/3C4H9.C3H3N2.Sn/c3*1-3-4-2;1-2-5-3-4-1;/h3*1,3-4H2,2H3;1,3H,(H,4,5);. The molecule has 104 valence electrons. The number of nitrogens with one attached hydrogen (secondary N) is 1. The topological polar surface area (TPSA) is 28.7 Å². The third-order valence-corrected chi connectivity index (χ3v) is 19.4. The maximum absolute atomic E-state index is 4.31. The van der Waals surface area contributed by atoms with Crippen LogP contribution in [0.4, 0.5) is 0 Å². The second-order valence-electron chi connectivity index (χ2n) is 5.56. The van der Waals surface area contributed by atoms with Gasteiger partial charge in [-0.05, 0) is 0 Å². The molecule has 0 bridgehead atoms. The average Bonchev–Trinajstić information content (AvgIpc) is 2.93. The monoisotopic (exact) mass is 358 g/mol. The number of H-pyrrole nitrogens is 1. The van der Waals surface area contributed by atoms with Gasteiger partial charge >= 0.3 is 117 Å². The molecule has 0 amide bonds. The maximum atomic E-state index is 4.31. The van der Waals surface area contributed by atoms with Crippen LogP contribution in [-0.2, 0) is 0 Å². The third kappa shape index (κ3) is 4.60. The molecule has 0 aliphatic heterocycles. The predicted octanol–water partition coefficient (Wildman–Crippen LogP) is 4.47. The van der Waals surface area contributed by atoms with E-state index < -0.39 is 18.4 Å². The first kappa shape index (κ1) is 16.1. The van der Waals surface area contributed by atoms with E-state index in [0.29, 0.717) is 0 Å². The fourth-order valence-electron chi connectivity index (χ4n) is 2.87. The van der Waals surface area contributed by atoms with Crippen molar-refractivity contribution in [3.63, 3.8) is 0 Å². The summed E-state index contributed by atoms with van der Waals surface area (Å²) >= 11 is -2.15. The summed E-state index contributed by atoms with van der Waals surface area (Å²) in [5.74, 6) is 0. The summed E-state index contributed by atoms with van der Waals surface area (Å²) < 4.78 is 6.15. The Bertz CT molecular complexity index is 274. The van der Waals surface area contributed by atoms with Gasteiger partial charge in [-0.2, -0.15) is 0 Å². The fraction of sp³-hybridized carbons (Fsp3) is 0.800. The first-order chi connectivity index (χ1) is 8.79. The Kier molecular flexibility index (Phi) is 8.03. The molecule has 0 aromatic carbocycles. The Hall–Kier alpha value is 0.00870. The van der Waals surface area contributed by atoms with Crippen LogP contribution in [0.5, 0.6) is 0 Å². The van der Waals surface area contributed by atoms with Gasteiger partial charge in [0.2, 0.25) is 0 Å². The van der Waals surface area contributed by atoms with Crippen LogP contribution in [0.3, 0.4) is 0 Å². The van der Waals surface area contributed by atoms with E-state index in [1.807, 2.05) is 6.33 Å². The second kappa shape index (κ2) is 9.00. The van der Waals surface area contributed by atoms with Crippen LogP contribution in [0.1, 0.15) is 59.3 Å². The molecule has 0 aliphatic rings. The van der Waals surface area contributed by atoms with Gasteiger partial charge in [0.05, 0.1) is 0 Å². The van der Waals surface area contributed by atoms with Crippen molar-refractivity contribution in [2.75, 3.05) is 0 Å². The predicted molar refractivity (Wildman–Crippen MR) is 83.1 cm³/mol. The molecule has 2 nitrogen and oxygen atoms in total. The molecule has 0 unspecified atom stereocenters. The van der Waals surface area contributed by atoms with E-state index in [9.17, 15) is 0 Å². The van der Waals surface area contributed by atoms with E-state index in [-0.39, 0.29) is 0 Å². The summed E-state index contributed by atoms with van der Waals surface area (Å²) in [6.45, 7) is 6.97. The minimum absolute atomic E-state index is 1.34. The van der Waals surface area contributed by atoms with Crippen molar-refractivity contribution in [3.8, 4) is 0 Å². The average molecular weight is 357 g/mol. The Balaban J connectivity index is 2.84. The van der Waals surface area contributed by atoms with Crippen LogP contribution in [0.25, 0.3) is 0 Å². The van der Waals surface area contributed by atoms with Crippen LogP contribution in [-0.4, -0.2) is 28.3 Å². The molecule has 0 spiro atoms. The van der Waals surface area contributed by atoms with Crippen molar-refractivity contribution in [3.05, 3.63) is 12.5 Å². The molecule has 0 aliphatic carbocycles. The van der Waals surface area contributed by atoms with Crippen LogP contribution in [0, 0.1) is 0 Å². The number of aromatic amines is 1. The molecule has 18 heavy (non-hydrogen) atoms. The van der Waals surface area contributed by atoms with Crippen LogP contribution < -0.4 is 3.71 Å². The minimum atomic E-state index is -2.15. The number of aromatic nitrogens is 2. The van der Waals surface area contributed by atoms with Gasteiger partial charge in [-0.3, -0.25) is 0 Å². The molecular weight excluding hydrogens is 327 g/mol. The zero-order chi connectivity index (χ0) is 13.3. The van der Waals surface area contributed by atoms with Gasteiger partial charge in [-0.15, -0.1) is 0 Å². The molecule has 1 heterocycles. The van der Waals surface area contributed by atoms with E-state index in [2.05, 4.69) is 36.9 Å². The van der Waals surface area contributed by atoms with Crippen LogP contribution in [0.2, 0.25) is 13.3 Å². The first-order valence-corrected chi connectivity index (χ1v) is 15.3. The molecule has 1 aromatic rings. The molecule has 0 fully saturated rings. The van der Waals surface area contributed by atoms with Crippen molar-refractivity contribution in [2.24, 2.45) is 0 Å². The quantitative estimate of drug-likeness (QED) is 0.615. The van der Waals surface area contributed by atoms with Crippen molar-refractivity contribution in [1.82, 2.24) is 9.97 Å². The summed E-state index contributed by atoms with van der Waals surface area (Å²) in [4.78, 5) is 7.80. The van der Waals surface area contributed by atoms with E-state index in [0.717, 1.165) is 0 Å². The van der Waals surface area contributed by atoms with E-state index in [4.69, 9.17) is 0 Å². The Morgan fingerprint density at radius 2 is 1.44 bits per heavy atom. The van der Waals surface area contributed by atoms with Crippen molar-refractivity contribution >= 4 is 22.1 Å². The van der Waals surface area contributed by atoms with Gasteiger partial charge in [-0.1, -0.05) is 0 Å². The van der Waals surface area contributed by atoms with E-state index >= 15 is 0 Å². The number of unbranched alkanes of at least 4 members (excludes halogenated alkanes) is 3. The van der Waals surface area contributed by atoms with Gasteiger partial charge in [-0.25, -0.2) is 0 Å². The zero-order valence-corrected chi connectivity index (χ0v) is 15.3. The molecule has 3 heteroatoms. The van der Waals surface area contributed by atoms with Crippen molar-refractivity contribution < 1.29 is 0 Å². The molecule has 1 aromatic heterocycles. The molecule has 0 saturated heterocycles. The number of nitrogens with zero attached hydrogens (tertiary/aromatic N) is 1. The molecular formula is C15H30N2Sn. The number of imidazole rings is 1. The molecule has 1 N–H and O–H groups in total. The van der Waals surface area contributed by atoms with Gasteiger partial charge < -0.3 is 0 Å². The molecule has 0 radical (unpaired) electrons. The van der Waals surface area contributed by atoms with E-state index in [1.165, 1.54) is 51.8 Å². The third-order valence-electron chi connectivity index (χ3n) is 4.10. The van der Waals surface area contributed by atoms with Gasteiger partial charge in [0.15, 0.2) is 0 Å². The molecule has 1 rings (SSSR count). The summed E-state index contributed by atoms with van der Waals surface area (Å²) in [6, 6.07) is 0. The van der Waals surface area contributed by atoms with E-state index in [1.54, 1.807) is 3.71 Å². The SMILES string of the molecule is CCC[CH2][Sn]([CH2]CCC)([CH2]CCC)[c]1cnc[nH]1. The Labute approximate surface area is 117 Å². The van der Waals surface area contributed by atoms with Crippen LogP contribution >= 0.6 is 0 Å². The fourth-order valence-corrected chi connectivity index (χ4v) is 18.2. The van der Waals surface area contributed by atoms with Crippen molar-refractivity contribution in [1.29, 1.82) is 0 Å². The second-order valence-corrected chi connectivity index (χ2v) is 18.7.